The third kappa shape index (κ3) is 3.33. The molecule has 1 heterocycles. The van der Waals surface area contributed by atoms with Crippen molar-refractivity contribution in [2.24, 2.45) is 0 Å². The number of nitrogens with zero attached hydrogens (tertiary/aromatic N) is 3. The topological polar surface area (TPSA) is 50.8 Å². The van der Waals surface area contributed by atoms with E-state index in [0.717, 1.165) is 13.1 Å². The third-order valence-electron chi connectivity index (χ3n) is 2.19. The molecule has 0 bridgehead atoms. The smallest absolute Gasteiger partial charge is 0.129 e. The van der Waals surface area contributed by atoms with E-state index in [1.165, 1.54) is 19.3 Å². The summed E-state index contributed by atoms with van der Waals surface area (Å²) in [5, 5.41) is 16.9. The Kier molecular flexibility index (Phi) is 4.31. The molecule has 0 aliphatic carbocycles. The van der Waals surface area contributed by atoms with Gasteiger partial charge in [0.15, 0.2) is 0 Å². The molecule has 0 N–H and O–H groups in total. The highest BCUT2D eigenvalue weighted by Gasteiger charge is 2.04. The van der Waals surface area contributed by atoms with E-state index >= 15 is 0 Å². The molecule has 0 radical (unpaired) electrons. The molecule has 72 valence electrons. The van der Waals surface area contributed by atoms with Crippen LogP contribution in [-0.2, 0) is 0 Å². The number of piperidine rings is 1. The maximum absolute atomic E-state index is 8.47. The van der Waals surface area contributed by atoms with E-state index in [2.05, 4.69) is 4.90 Å². The van der Waals surface area contributed by atoms with Crippen molar-refractivity contribution in [1.29, 1.82) is 10.5 Å². The number of hydrogen-bond donors (Lipinski definition) is 0. The Morgan fingerprint density at radius 3 is 2.29 bits per heavy atom. The summed E-state index contributed by atoms with van der Waals surface area (Å²) in [6, 6.07) is 3.64. The van der Waals surface area contributed by atoms with Crippen molar-refractivity contribution in [3.05, 3.63) is 23.9 Å². The van der Waals surface area contributed by atoms with Crippen molar-refractivity contribution in [3.63, 3.8) is 0 Å². The van der Waals surface area contributed by atoms with Crippen LogP contribution < -0.4 is 0 Å². The summed E-state index contributed by atoms with van der Waals surface area (Å²) in [6.45, 7) is 2.16. The molecule has 0 aromatic rings. The molecule has 1 aliphatic heterocycles. The Morgan fingerprint density at radius 2 is 1.71 bits per heavy atom. The first-order chi connectivity index (χ1) is 6.86. The number of rotatable bonds is 2. The first-order valence-electron chi connectivity index (χ1n) is 4.79. The minimum atomic E-state index is 0.151. The maximum atomic E-state index is 8.47. The van der Waals surface area contributed by atoms with Gasteiger partial charge in [-0.15, -0.1) is 0 Å². The lowest BCUT2D eigenvalue weighted by Crippen LogP contribution is -2.23. The van der Waals surface area contributed by atoms with Gasteiger partial charge in [0, 0.05) is 13.1 Å². The lowest BCUT2D eigenvalue weighted by molar-refractivity contribution is 0.309. The summed E-state index contributed by atoms with van der Waals surface area (Å²) in [4.78, 5) is 2.21. The number of allylic oxidation sites excluding steroid dienone is 3. The van der Waals surface area contributed by atoms with Gasteiger partial charge in [-0.1, -0.05) is 0 Å². The first kappa shape index (κ1) is 10.3. The van der Waals surface area contributed by atoms with Crippen molar-refractivity contribution in [2.75, 3.05) is 13.1 Å². The van der Waals surface area contributed by atoms with Crippen molar-refractivity contribution in [1.82, 2.24) is 4.90 Å². The van der Waals surface area contributed by atoms with Gasteiger partial charge in [0.1, 0.15) is 17.7 Å². The number of hydrogen-bond acceptors (Lipinski definition) is 3. The quantitative estimate of drug-likeness (QED) is 0.490. The van der Waals surface area contributed by atoms with Crippen molar-refractivity contribution in [3.8, 4) is 12.1 Å². The standard InChI is InChI=1S/C11H13N3/c12-9-11(10-13)5-4-8-14-6-2-1-3-7-14/h4-5,8H,1-3,6-7H2. The third-order valence-corrected chi connectivity index (χ3v) is 2.19. The van der Waals surface area contributed by atoms with Gasteiger partial charge in [0.2, 0.25) is 0 Å². The molecule has 0 amide bonds. The van der Waals surface area contributed by atoms with Crippen LogP contribution in [0.25, 0.3) is 0 Å². The van der Waals surface area contributed by atoms with Crippen molar-refractivity contribution in [2.45, 2.75) is 19.3 Å². The van der Waals surface area contributed by atoms with Crippen LogP contribution in [0.4, 0.5) is 0 Å². The molecule has 1 aliphatic rings. The fraction of sp³-hybridized carbons (Fsp3) is 0.455. The molecular weight excluding hydrogens is 174 g/mol. The number of nitriles is 2. The molecule has 0 unspecified atom stereocenters. The van der Waals surface area contributed by atoms with E-state index in [-0.39, 0.29) is 5.57 Å². The zero-order valence-electron chi connectivity index (χ0n) is 8.11. The molecule has 1 rings (SSSR count). The van der Waals surface area contributed by atoms with E-state index < -0.39 is 0 Å². The Bertz CT molecular complexity index is 292. The lowest BCUT2D eigenvalue weighted by Gasteiger charge is -2.24. The lowest BCUT2D eigenvalue weighted by atomic mass is 10.1. The van der Waals surface area contributed by atoms with Crippen LogP contribution in [0.1, 0.15) is 19.3 Å². The highest BCUT2D eigenvalue weighted by molar-refractivity contribution is 5.37. The summed E-state index contributed by atoms with van der Waals surface area (Å²) in [6.07, 6.45) is 9.05. The van der Waals surface area contributed by atoms with Gasteiger partial charge in [0.25, 0.3) is 0 Å². The van der Waals surface area contributed by atoms with E-state index in [1.54, 1.807) is 12.2 Å². The Morgan fingerprint density at radius 1 is 1.07 bits per heavy atom. The SMILES string of the molecule is N#CC(C#N)=CC=CN1CCCCC1. The van der Waals surface area contributed by atoms with Gasteiger partial charge >= 0.3 is 0 Å². The first-order valence-corrected chi connectivity index (χ1v) is 4.79. The molecule has 14 heavy (non-hydrogen) atoms. The van der Waals surface area contributed by atoms with Crippen molar-refractivity contribution >= 4 is 0 Å². The van der Waals surface area contributed by atoms with Gasteiger partial charge in [-0.05, 0) is 37.6 Å². The van der Waals surface area contributed by atoms with Gasteiger partial charge in [0.05, 0.1) is 0 Å². The zero-order chi connectivity index (χ0) is 10.2. The van der Waals surface area contributed by atoms with Crippen LogP contribution in [0.5, 0.6) is 0 Å². The average Bonchev–Trinajstić information content (AvgIpc) is 2.26. The van der Waals surface area contributed by atoms with Crippen LogP contribution in [0.2, 0.25) is 0 Å². The second-order valence-corrected chi connectivity index (χ2v) is 3.24. The van der Waals surface area contributed by atoms with Gasteiger partial charge in [-0.3, -0.25) is 0 Å². The number of likely N-dealkylation sites (tertiary alicyclic amines) is 1. The fourth-order valence-electron chi connectivity index (χ4n) is 1.43. The summed E-state index contributed by atoms with van der Waals surface area (Å²) >= 11 is 0. The van der Waals surface area contributed by atoms with Crippen molar-refractivity contribution < 1.29 is 0 Å². The Hall–Kier alpha value is -1.74. The summed E-state index contributed by atoms with van der Waals surface area (Å²) < 4.78 is 0. The molecule has 0 spiro atoms. The molecular formula is C11H13N3. The molecule has 3 nitrogen and oxygen atoms in total. The molecule has 0 aromatic heterocycles. The van der Waals surface area contributed by atoms with Crippen LogP contribution >= 0.6 is 0 Å². The van der Waals surface area contributed by atoms with Crippen LogP contribution in [0.15, 0.2) is 23.9 Å². The van der Waals surface area contributed by atoms with E-state index in [9.17, 15) is 0 Å². The van der Waals surface area contributed by atoms with Crippen LogP contribution in [0.3, 0.4) is 0 Å². The Labute approximate surface area is 84.5 Å². The van der Waals surface area contributed by atoms with E-state index in [4.69, 9.17) is 10.5 Å². The van der Waals surface area contributed by atoms with Gasteiger partial charge < -0.3 is 4.90 Å². The Balaban J connectivity index is 2.44. The molecule has 0 saturated carbocycles. The van der Waals surface area contributed by atoms with Gasteiger partial charge in [-0.25, -0.2) is 0 Å². The molecule has 0 aromatic carbocycles. The average molecular weight is 187 g/mol. The maximum Gasteiger partial charge on any atom is 0.129 e. The fourth-order valence-corrected chi connectivity index (χ4v) is 1.43. The predicted molar refractivity (Wildman–Crippen MR) is 53.9 cm³/mol. The van der Waals surface area contributed by atoms with Crippen LogP contribution in [0, 0.1) is 22.7 Å². The summed E-state index contributed by atoms with van der Waals surface area (Å²) in [5.41, 5.74) is 0.151. The summed E-state index contributed by atoms with van der Waals surface area (Å²) in [7, 11) is 0. The highest BCUT2D eigenvalue weighted by atomic mass is 15.1. The van der Waals surface area contributed by atoms with E-state index in [1.807, 2.05) is 18.3 Å². The molecule has 0 atom stereocenters. The zero-order valence-corrected chi connectivity index (χ0v) is 8.11. The minimum Gasteiger partial charge on any atom is -0.377 e. The molecule has 1 fully saturated rings. The van der Waals surface area contributed by atoms with Crippen LogP contribution in [-0.4, -0.2) is 18.0 Å². The summed E-state index contributed by atoms with van der Waals surface area (Å²) in [5.74, 6) is 0. The molecule has 1 saturated heterocycles. The second-order valence-electron chi connectivity index (χ2n) is 3.24. The van der Waals surface area contributed by atoms with E-state index in [0.29, 0.717) is 0 Å². The highest BCUT2D eigenvalue weighted by Crippen LogP contribution is 2.08. The largest absolute Gasteiger partial charge is 0.377 e. The minimum absolute atomic E-state index is 0.151. The normalized spacial score (nSPS) is 16.0. The monoisotopic (exact) mass is 187 g/mol. The molecule has 3 heteroatoms. The second kappa shape index (κ2) is 5.83. The van der Waals surface area contributed by atoms with Gasteiger partial charge in [-0.2, -0.15) is 10.5 Å². The predicted octanol–water partition coefficient (Wildman–Crippen LogP) is 1.96.